The van der Waals surface area contributed by atoms with Crippen LogP contribution >= 0.6 is 12.2 Å². The van der Waals surface area contributed by atoms with E-state index in [2.05, 4.69) is 0 Å². The van der Waals surface area contributed by atoms with E-state index in [4.69, 9.17) is 23.1 Å². The third-order valence-corrected chi connectivity index (χ3v) is 3.51. The number of aliphatic hydroxyl groups excluding tert-OH is 1. The van der Waals surface area contributed by atoms with E-state index in [0.717, 1.165) is 19.3 Å². The first-order valence-corrected chi connectivity index (χ1v) is 7.14. The minimum absolute atomic E-state index is 0.0293. The zero-order valence-electron chi connectivity index (χ0n) is 11.7. The highest BCUT2D eigenvalue weighted by Gasteiger charge is 2.29. The molecule has 0 aromatic heterocycles. The van der Waals surface area contributed by atoms with Crippen molar-refractivity contribution in [2.75, 3.05) is 13.2 Å². The third kappa shape index (κ3) is 4.90. The lowest BCUT2D eigenvalue weighted by atomic mass is 10.00. The average molecular weight is 274 g/mol. The summed E-state index contributed by atoms with van der Waals surface area (Å²) in [5, 5.41) is 9.12. The Morgan fingerprint density at radius 2 is 1.89 bits per heavy atom. The van der Waals surface area contributed by atoms with E-state index >= 15 is 0 Å². The number of nitrogens with zero attached hydrogens (tertiary/aromatic N) is 1. The number of hydrogen-bond donors (Lipinski definition) is 2. The van der Waals surface area contributed by atoms with Gasteiger partial charge in [-0.05, 0) is 19.3 Å². The summed E-state index contributed by atoms with van der Waals surface area (Å²) in [6.45, 7) is 6.42. The molecule has 0 saturated heterocycles. The van der Waals surface area contributed by atoms with Crippen LogP contribution in [0.3, 0.4) is 0 Å². The van der Waals surface area contributed by atoms with Gasteiger partial charge in [0.05, 0.1) is 17.5 Å². The smallest absolute Gasteiger partial charge is 0.232 e. The molecular formula is C13H26N2O2S. The Balaban J connectivity index is 4.96. The first-order chi connectivity index (χ1) is 8.53. The summed E-state index contributed by atoms with van der Waals surface area (Å²) in [5.74, 6) is -0.427. The molecule has 0 aliphatic heterocycles. The van der Waals surface area contributed by atoms with Gasteiger partial charge in [-0.25, -0.2) is 0 Å². The van der Waals surface area contributed by atoms with Gasteiger partial charge in [0.25, 0.3) is 0 Å². The van der Waals surface area contributed by atoms with Gasteiger partial charge in [-0.2, -0.15) is 0 Å². The van der Waals surface area contributed by atoms with E-state index < -0.39 is 5.92 Å². The second-order valence-corrected chi connectivity index (χ2v) is 4.94. The van der Waals surface area contributed by atoms with E-state index in [-0.39, 0.29) is 23.5 Å². The van der Waals surface area contributed by atoms with Gasteiger partial charge in [0, 0.05) is 12.6 Å². The molecule has 0 rings (SSSR count). The summed E-state index contributed by atoms with van der Waals surface area (Å²) in [5.41, 5.74) is 5.66. The van der Waals surface area contributed by atoms with Crippen molar-refractivity contribution >= 4 is 23.1 Å². The van der Waals surface area contributed by atoms with Crippen LogP contribution in [-0.4, -0.2) is 40.1 Å². The molecule has 0 fully saturated rings. The van der Waals surface area contributed by atoms with E-state index in [1.54, 1.807) is 4.90 Å². The molecule has 0 aliphatic rings. The summed E-state index contributed by atoms with van der Waals surface area (Å²) in [7, 11) is 0. The summed E-state index contributed by atoms with van der Waals surface area (Å²) >= 11 is 4.99. The Hall–Kier alpha value is -0.680. The van der Waals surface area contributed by atoms with Gasteiger partial charge in [-0.3, -0.25) is 4.79 Å². The van der Waals surface area contributed by atoms with E-state index in [9.17, 15) is 4.79 Å². The first kappa shape index (κ1) is 17.3. The maximum atomic E-state index is 12.5. The van der Waals surface area contributed by atoms with Crippen LogP contribution in [0.5, 0.6) is 0 Å². The van der Waals surface area contributed by atoms with Crippen molar-refractivity contribution in [3.63, 3.8) is 0 Å². The maximum Gasteiger partial charge on any atom is 0.232 e. The molecule has 3 N–H and O–H groups in total. The minimum atomic E-state index is -0.392. The highest BCUT2D eigenvalue weighted by Crippen LogP contribution is 2.16. The Morgan fingerprint density at radius 3 is 2.22 bits per heavy atom. The van der Waals surface area contributed by atoms with Crippen molar-refractivity contribution in [2.24, 2.45) is 11.7 Å². The highest BCUT2D eigenvalue weighted by molar-refractivity contribution is 7.80. The van der Waals surface area contributed by atoms with Gasteiger partial charge in [-0.15, -0.1) is 0 Å². The molecule has 0 aromatic carbocycles. The Labute approximate surface area is 116 Å². The standard InChI is InChI=1S/C13H26N2O2S/c1-4-7-11(12(14)18)13(17)15(8-9-16)10(5-2)6-3/h10-11,16H,4-9H2,1-3H3,(H2,14,18). The predicted molar refractivity (Wildman–Crippen MR) is 78.4 cm³/mol. The molecule has 0 saturated carbocycles. The van der Waals surface area contributed by atoms with Crippen LogP contribution in [0.2, 0.25) is 0 Å². The van der Waals surface area contributed by atoms with Crippen LogP contribution in [0.25, 0.3) is 0 Å². The van der Waals surface area contributed by atoms with Gasteiger partial charge >= 0.3 is 0 Å². The number of amides is 1. The zero-order valence-corrected chi connectivity index (χ0v) is 12.5. The molecule has 0 bridgehead atoms. The van der Waals surface area contributed by atoms with Gasteiger partial charge < -0.3 is 15.7 Å². The summed E-state index contributed by atoms with van der Waals surface area (Å²) in [6.07, 6.45) is 3.29. The normalized spacial score (nSPS) is 12.5. The minimum Gasteiger partial charge on any atom is -0.395 e. The second kappa shape index (κ2) is 9.28. The first-order valence-electron chi connectivity index (χ1n) is 6.73. The molecule has 0 radical (unpaired) electrons. The Bertz CT molecular complexity index is 268. The van der Waals surface area contributed by atoms with Gasteiger partial charge in [0.15, 0.2) is 0 Å². The van der Waals surface area contributed by atoms with Crippen LogP contribution in [0.15, 0.2) is 0 Å². The second-order valence-electron chi connectivity index (χ2n) is 4.47. The number of carbonyl (C=O) groups is 1. The highest BCUT2D eigenvalue weighted by atomic mass is 32.1. The number of hydrogen-bond acceptors (Lipinski definition) is 3. The van der Waals surface area contributed by atoms with Gasteiger partial charge in [0.1, 0.15) is 0 Å². The topological polar surface area (TPSA) is 66.6 Å². The summed E-state index contributed by atoms with van der Waals surface area (Å²) in [4.78, 5) is 14.5. The summed E-state index contributed by atoms with van der Waals surface area (Å²) < 4.78 is 0. The molecular weight excluding hydrogens is 248 g/mol. The molecule has 1 amide bonds. The number of rotatable bonds is 9. The third-order valence-electron chi connectivity index (χ3n) is 3.23. The molecule has 0 aromatic rings. The predicted octanol–water partition coefficient (Wildman–Crippen LogP) is 1.70. The molecule has 0 heterocycles. The van der Waals surface area contributed by atoms with Crippen LogP contribution in [0.1, 0.15) is 46.5 Å². The molecule has 1 unspecified atom stereocenters. The fraction of sp³-hybridized carbons (Fsp3) is 0.846. The van der Waals surface area contributed by atoms with Crippen LogP contribution in [0.4, 0.5) is 0 Å². The molecule has 106 valence electrons. The van der Waals surface area contributed by atoms with Crippen LogP contribution in [-0.2, 0) is 4.79 Å². The van der Waals surface area contributed by atoms with Gasteiger partial charge in [-0.1, -0.05) is 39.4 Å². The van der Waals surface area contributed by atoms with Crippen molar-refractivity contribution in [3.8, 4) is 0 Å². The number of thiocarbonyl (C=S) groups is 1. The van der Waals surface area contributed by atoms with E-state index in [0.29, 0.717) is 13.0 Å². The van der Waals surface area contributed by atoms with Crippen molar-refractivity contribution in [1.82, 2.24) is 4.90 Å². The van der Waals surface area contributed by atoms with Crippen molar-refractivity contribution in [1.29, 1.82) is 0 Å². The van der Waals surface area contributed by atoms with Crippen molar-refractivity contribution in [2.45, 2.75) is 52.5 Å². The molecule has 18 heavy (non-hydrogen) atoms. The maximum absolute atomic E-state index is 12.5. The van der Waals surface area contributed by atoms with Crippen molar-refractivity contribution in [3.05, 3.63) is 0 Å². The number of nitrogens with two attached hydrogens (primary N) is 1. The molecule has 0 spiro atoms. The molecule has 0 aliphatic carbocycles. The Kier molecular flexibility index (Phi) is 8.93. The fourth-order valence-corrected chi connectivity index (χ4v) is 2.40. The van der Waals surface area contributed by atoms with Crippen molar-refractivity contribution < 1.29 is 9.90 Å². The largest absolute Gasteiger partial charge is 0.395 e. The SMILES string of the molecule is CCCC(C(=O)N(CCO)C(CC)CC)C(N)=S. The number of carbonyl (C=O) groups excluding carboxylic acids is 1. The average Bonchev–Trinajstić information content (AvgIpc) is 2.35. The lowest BCUT2D eigenvalue weighted by molar-refractivity contribution is -0.136. The summed E-state index contributed by atoms with van der Waals surface area (Å²) in [6, 6.07) is 0.151. The monoisotopic (exact) mass is 274 g/mol. The molecule has 4 nitrogen and oxygen atoms in total. The quantitative estimate of drug-likeness (QED) is 0.628. The lowest BCUT2D eigenvalue weighted by Crippen LogP contribution is -2.47. The van der Waals surface area contributed by atoms with E-state index in [1.165, 1.54) is 0 Å². The molecule has 1 atom stereocenters. The lowest BCUT2D eigenvalue weighted by Gasteiger charge is -2.33. The molecule has 5 heteroatoms. The number of aliphatic hydroxyl groups is 1. The van der Waals surface area contributed by atoms with Crippen LogP contribution in [0, 0.1) is 5.92 Å². The van der Waals surface area contributed by atoms with Crippen LogP contribution < -0.4 is 5.73 Å². The fourth-order valence-electron chi connectivity index (χ4n) is 2.19. The Morgan fingerprint density at radius 1 is 1.33 bits per heavy atom. The van der Waals surface area contributed by atoms with E-state index in [1.807, 2.05) is 20.8 Å². The zero-order chi connectivity index (χ0) is 14.1. The van der Waals surface area contributed by atoms with Gasteiger partial charge in [0.2, 0.25) is 5.91 Å².